The fraction of sp³-hybridized carbons (Fsp3) is 0.333. The van der Waals surface area contributed by atoms with E-state index in [-0.39, 0.29) is 0 Å². The van der Waals surface area contributed by atoms with Crippen LogP contribution in [-0.2, 0) is 6.42 Å². The van der Waals surface area contributed by atoms with Crippen molar-refractivity contribution in [3.8, 4) is 0 Å². The first kappa shape index (κ1) is 10.0. The van der Waals surface area contributed by atoms with E-state index >= 15 is 0 Å². The van der Waals surface area contributed by atoms with Crippen molar-refractivity contribution < 1.29 is 5.11 Å². The molecule has 0 heterocycles. The topological polar surface area (TPSA) is 20.2 Å². The molecule has 0 atom stereocenters. The van der Waals surface area contributed by atoms with Gasteiger partial charge < -0.3 is 5.11 Å². The van der Waals surface area contributed by atoms with Gasteiger partial charge in [0.1, 0.15) is 0 Å². The molecular formula is C12H16O. The molecule has 1 aromatic carbocycles. The molecule has 70 valence electrons. The van der Waals surface area contributed by atoms with Crippen LogP contribution >= 0.6 is 0 Å². The minimum Gasteiger partial charge on any atom is -0.386 e. The molecule has 0 radical (unpaired) electrons. The fourth-order valence-electron chi connectivity index (χ4n) is 1.10. The molecule has 13 heavy (non-hydrogen) atoms. The van der Waals surface area contributed by atoms with Crippen LogP contribution in [0.5, 0.6) is 0 Å². The van der Waals surface area contributed by atoms with Crippen molar-refractivity contribution in [2.24, 2.45) is 0 Å². The van der Waals surface area contributed by atoms with Crippen molar-refractivity contribution in [3.05, 3.63) is 48.0 Å². The van der Waals surface area contributed by atoms with Crippen LogP contribution in [0.4, 0.5) is 0 Å². The maximum atomic E-state index is 9.41. The smallest absolute Gasteiger partial charge is 0.0771 e. The zero-order valence-electron chi connectivity index (χ0n) is 8.20. The van der Waals surface area contributed by atoms with Gasteiger partial charge in [0, 0.05) is 0 Å². The van der Waals surface area contributed by atoms with Crippen LogP contribution in [0.15, 0.2) is 42.5 Å². The number of allylic oxidation sites excluding steroid dienone is 1. The summed E-state index contributed by atoms with van der Waals surface area (Å²) in [5.41, 5.74) is 0.567. The van der Waals surface area contributed by atoms with Crippen LogP contribution in [-0.4, -0.2) is 10.7 Å². The quantitative estimate of drug-likeness (QED) is 0.702. The van der Waals surface area contributed by atoms with Crippen LogP contribution in [0.1, 0.15) is 19.4 Å². The van der Waals surface area contributed by atoms with Gasteiger partial charge in [0.15, 0.2) is 0 Å². The third kappa shape index (κ3) is 4.48. The Kier molecular flexibility index (Phi) is 3.26. The summed E-state index contributed by atoms with van der Waals surface area (Å²) in [6.07, 6.45) is 4.69. The molecule has 0 unspecified atom stereocenters. The lowest BCUT2D eigenvalue weighted by atomic mass is 10.1. The molecule has 0 saturated heterocycles. The van der Waals surface area contributed by atoms with Crippen LogP contribution < -0.4 is 0 Å². The van der Waals surface area contributed by atoms with E-state index in [1.807, 2.05) is 30.4 Å². The number of benzene rings is 1. The van der Waals surface area contributed by atoms with Gasteiger partial charge in [-0.2, -0.15) is 0 Å². The predicted molar refractivity (Wildman–Crippen MR) is 55.6 cm³/mol. The number of hydrogen-bond acceptors (Lipinski definition) is 1. The molecule has 0 aliphatic carbocycles. The number of aliphatic hydroxyl groups is 1. The SMILES string of the molecule is CC(C)(O)C=CCc1ccccc1. The maximum Gasteiger partial charge on any atom is 0.0771 e. The van der Waals surface area contributed by atoms with Gasteiger partial charge in [0.25, 0.3) is 0 Å². The largest absolute Gasteiger partial charge is 0.386 e. The lowest BCUT2D eigenvalue weighted by molar-refractivity contribution is 0.133. The molecule has 1 aromatic rings. The summed E-state index contributed by atoms with van der Waals surface area (Å²) < 4.78 is 0. The van der Waals surface area contributed by atoms with Gasteiger partial charge in [-0.15, -0.1) is 0 Å². The number of hydrogen-bond donors (Lipinski definition) is 1. The van der Waals surface area contributed by atoms with Crippen LogP contribution in [0.2, 0.25) is 0 Å². The molecule has 1 heteroatoms. The Morgan fingerprint density at radius 2 is 1.85 bits per heavy atom. The second kappa shape index (κ2) is 4.24. The molecule has 0 saturated carbocycles. The van der Waals surface area contributed by atoms with Crippen molar-refractivity contribution in [3.63, 3.8) is 0 Å². The molecule has 1 rings (SSSR count). The standard InChI is InChI=1S/C12H16O/c1-12(2,13)10-6-9-11-7-4-3-5-8-11/h3-8,10,13H,9H2,1-2H3. The first-order chi connectivity index (χ1) is 6.08. The zero-order chi connectivity index (χ0) is 9.73. The maximum absolute atomic E-state index is 9.41. The minimum atomic E-state index is -0.700. The minimum absolute atomic E-state index is 0.700. The number of rotatable bonds is 3. The fourth-order valence-corrected chi connectivity index (χ4v) is 1.10. The summed E-state index contributed by atoms with van der Waals surface area (Å²) in [4.78, 5) is 0. The predicted octanol–water partition coefficient (Wildman–Crippen LogP) is 2.56. The van der Waals surface area contributed by atoms with E-state index in [9.17, 15) is 5.11 Å². The Morgan fingerprint density at radius 3 is 2.38 bits per heavy atom. The van der Waals surface area contributed by atoms with Crippen LogP contribution in [0.25, 0.3) is 0 Å². The van der Waals surface area contributed by atoms with Gasteiger partial charge in [0.2, 0.25) is 0 Å². The zero-order valence-corrected chi connectivity index (χ0v) is 8.20. The van der Waals surface area contributed by atoms with Gasteiger partial charge >= 0.3 is 0 Å². The monoisotopic (exact) mass is 176 g/mol. The lowest BCUT2D eigenvalue weighted by Crippen LogP contribution is -2.13. The van der Waals surface area contributed by atoms with Gasteiger partial charge in [0.05, 0.1) is 5.60 Å². The highest BCUT2D eigenvalue weighted by Crippen LogP contribution is 2.05. The molecule has 0 aliphatic rings. The molecule has 0 spiro atoms. The van der Waals surface area contributed by atoms with Gasteiger partial charge in [-0.3, -0.25) is 0 Å². The summed E-state index contributed by atoms with van der Waals surface area (Å²) >= 11 is 0. The van der Waals surface area contributed by atoms with Crippen molar-refractivity contribution in [2.45, 2.75) is 25.9 Å². The summed E-state index contributed by atoms with van der Waals surface area (Å²) in [5.74, 6) is 0. The van der Waals surface area contributed by atoms with Crippen molar-refractivity contribution in [2.75, 3.05) is 0 Å². The Bertz CT molecular complexity index is 267. The lowest BCUT2D eigenvalue weighted by Gasteiger charge is -2.09. The van der Waals surface area contributed by atoms with Crippen molar-refractivity contribution in [1.82, 2.24) is 0 Å². The van der Waals surface area contributed by atoms with Gasteiger partial charge in [-0.25, -0.2) is 0 Å². The molecular weight excluding hydrogens is 160 g/mol. The average Bonchev–Trinajstić information content (AvgIpc) is 2.04. The van der Waals surface area contributed by atoms with E-state index in [0.29, 0.717) is 0 Å². The Morgan fingerprint density at radius 1 is 1.23 bits per heavy atom. The molecule has 1 N–H and O–H groups in total. The second-order valence-electron chi connectivity index (χ2n) is 3.75. The van der Waals surface area contributed by atoms with E-state index in [1.165, 1.54) is 5.56 Å². The van der Waals surface area contributed by atoms with Gasteiger partial charge in [-0.05, 0) is 25.8 Å². The third-order valence-corrected chi connectivity index (χ3v) is 1.72. The Labute approximate surface area is 79.7 Å². The molecule has 0 amide bonds. The summed E-state index contributed by atoms with van der Waals surface area (Å²) in [7, 11) is 0. The molecule has 0 bridgehead atoms. The van der Waals surface area contributed by atoms with E-state index in [1.54, 1.807) is 13.8 Å². The van der Waals surface area contributed by atoms with Crippen molar-refractivity contribution >= 4 is 0 Å². The van der Waals surface area contributed by atoms with E-state index < -0.39 is 5.60 Å². The first-order valence-corrected chi connectivity index (χ1v) is 4.52. The van der Waals surface area contributed by atoms with E-state index in [4.69, 9.17) is 0 Å². The molecule has 0 fully saturated rings. The first-order valence-electron chi connectivity index (χ1n) is 4.52. The highest BCUT2D eigenvalue weighted by Gasteiger charge is 2.04. The Balaban J connectivity index is 2.49. The Hall–Kier alpha value is -1.08. The normalized spacial score (nSPS) is 12.2. The summed E-state index contributed by atoms with van der Waals surface area (Å²) in [5, 5.41) is 9.41. The second-order valence-corrected chi connectivity index (χ2v) is 3.75. The molecule has 1 nitrogen and oxygen atoms in total. The van der Waals surface area contributed by atoms with Crippen molar-refractivity contribution in [1.29, 1.82) is 0 Å². The summed E-state index contributed by atoms with van der Waals surface area (Å²) in [6.45, 7) is 3.54. The van der Waals surface area contributed by atoms with E-state index in [2.05, 4.69) is 12.1 Å². The molecule has 0 aliphatic heterocycles. The highest BCUT2D eigenvalue weighted by molar-refractivity contribution is 5.18. The van der Waals surface area contributed by atoms with Crippen LogP contribution in [0.3, 0.4) is 0 Å². The average molecular weight is 176 g/mol. The highest BCUT2D eigenvalue weighted by atomic mass is 16.3. The third-order valence-electron chi connectivity index (χ3n) is 1.72. The van der Waals surface area contributed by atoms with Crippen LogP contribution in [0, 0.1) is 0 Å². The molecule has 0 aromatic heterocycles. The van der Waals surface area contributed by atoms with E-state index in [0.717, 1.165) is 6.42 Å². The summed E-state index contributed by atoms with van der Waals surface area (Å²) in [6, 6.07) is 10.2. The van der Waals surface area contributed by atoms with Gasteiger partial charge in [-0.1, -0.05) is 42.5 Å².